The molecule has 1 unspecified atom stereocenters. The molecule has 1 aliphatic heterocycles. The summed E-state index contributed by atoms with van der Waals surface area (Å²) in [5, 5.41) is 11.3. The molecule has 0 aliphatic carbocycles. The van der Waals surface area contributed by atoms with Crippen LogP contribution in [0.4, 0.5) is 0 Å². The van der Waals surface area contributed by atoms with Crippen LogP contribution in [0.2, 0.25) is 0 Å². The molecule has 0 aromatic carbocycles. The van der Waals surface area contributed by atoms with Gasteiger partial charge >= 0.3 is 0 Å². The van der Waals surface area contributed by atoms with Crippen LogP contribution in [-0.2, 0) is 16.1 Å². The maximum absolute atomic E-state index is 12.3. The maximum atomic E-state index is 12.3. The second-order valence-electron chi connectivity index (χ2n) is 5.07. The molecule has 1 fully saturated rings. The normalized spacial score (nSPS) is 16.6. The molecule has 0 saturated carbocycles. The second-order valence-corrected chi connectivity index (χ2v) is 5.07. The Balaban J connectivity index is 1.85. The van der Waals surface area contributed by atoms with Crippen LogP contribution in [0.25, 0.3) is 0 Å². The molecule has 1 saturated heterocycles. The number of nitrogens with zero attached hydrogens (tertiary/aromatic N) is 4. The van der Waals surface area contributed by atoms with E-state index in [-0.39, 0.29) is 11.9 Å². The van der Waals surface area contributed by atoms with Gasteiger partial charge in [0.2, 0.25) is 5.91 Å². The first-order chi connectivity index (χ1) is 9.72. The SMILES string of the molecule is COCCNCc1cn(C(C)C(=O)N2CCCC2)nn1. The summed E-state index contributed by atoms with van der Waals surface area (Å²) in [5.41, 5.74) is 0.835. The number of ether oxygens (including phenoxy) is 1. The van der Waals surface area contributed by atoms with Crippen molar-refractivity contribution >= 4 is 5.91 Å². The van der Waals surface area contributed by atoms with E-state index >= 15 is 0 Å². The zero-order valence-electron chi connectivity index (χ0n) is 12.2. The van der Waals surface area contributed by atoms with Gasteiger partial charge in [-0.3, -0.25) is 4.79 Å². The highest BCUT2D eigenvalue weighted by Gasteiger charge is 2.25. The molecule has 1 N–H and O–H groups in total. The molecule has 1 atom stereocenters. The number of carbonyl (C=O) groups is 1. The van der Waals surface area contributed by atoms with E-state index in [1.54, 1.807) is 11.8 Å². The fraction of sp³-hybridized carbons (Fsp3) is 0.769. The lowest BCUT2D eigenvalue weighted by Crippen LogP contribution is -2.34. The van der Waals surface area contributed by atoms with E-state index in [0.29, 0.717) is 13.2 Å². The summed E-state index contributed by atoms with van der Waals surface area (Å²) >= 11 is 0. The number of hydrogen-bond donors (Lipinski definition) is 1. The Bertz CT molecular complexity index is 428. The van der Waals surface area contributed by atoms with Gasteiger partial charge in [-0.05, 0) is 19.8 Å². The Hall–Kier alpha value is -1.47. The molecular weight excluding hydrogens is 258 g/mol. The lowest BCUT2D eigenvalue weighted by Gasteiger charge is -2.19. The summed E-state index contributed by atoms with van der Waals surface area (Å²) in [6.45, 7) is 5.67. The molecule has 1 aromatic rings. The molecule has 7 heteroatoms. The maximum Gasteiger partial charge on any atom is 0.247 e. The monoisotopic (exact) mass is 281 g/mol. The van der Waals surface area contributed by atoms with E-state index in [1.165, 1.54) is 0 Å². The zero-order chi connectivity index (χ0) is 14.4. The third-order valence-corrected chi connectivity index (χ3v) is 3.52. The van der Waals surface area contributed by atoms with Crippen LogP contribution < -0.4 is 5.32 Å². The molecular formula is C13H23N5O2. The second kappa shape index (κ2) is 7.35. The predicted octanol–water partition coefficient (Wildman–Crippen LogP) is 0.198. The van der Waals surface area contributed by atoms with Crippen LogP contribution in [0.5, 0.6) is 0 Å². The zero-order valence-corrected chi connectivity index (χ0v) is 12.2. The van der Waals surface area contributed by atoms with Gasteiger partial charge in [0, 0.05) is 33.3 Å². The van der Waals surface area contributed by atoms with Crippen molar-refractivity contribution < 1.29 is 9.53 Å². The van der Waals surface area contributed by atoms with Gasteiger partial charge in [-0.2, -0.15) is 0 Å². The molecule has 1 aromatic heterocycles. The average Bonchev–Trinajstić information content (AvgIpc) is 3.13. The molecule has 0 spiro atoms. The van der Waals surface area contributed by atoms with Crippen molar-refractivity contribution in [2.75, 3.05) is 33.4 Å². The van der Waals surface area contributed by atoms with E-state index in [9.17, 15) is 4.79 Å². The number of carbonyl (C=O) groups excluding carboxylic acids is 1. The molecule has 0 radical (unpaired) electrons. The molecule has 20 heavy (non-hydrogen) atoms. The van der Waals surface area contributed by atoms with E-state index in [0.717, 1.165) is 38.2 Å². The van der Waals surface area contributed by atoms with Gasteiger partial charge in [-0.15, -0.1) is 5.10 Å². The number of nitrogens with one attached hydrogen (secondary N) is 1. The van der Waals surface area contributed by atoms with Crippen molar-refractivity contribution in [2.24, 2.45) is 0 Å². The third-order valence-electron chi connectivity index (χ3n) is 3.52. The van der Waals surface area contributed by atoms with Crippen LogP contribution >= 0.6 is 0 Å². The van der Waals surface area contributed by atoms with Crippen molar-refractivity contribution in [3.05, 3.63) is 11.9 Å². The summed E-state index contributed by atoms with van der Waals surface area (Å²) in [4.78, 5) is 14.2. The summed E-state index contributed by atoms with van der Waals surface area (Å²) < 4.78 is 6.60. The van der Waals surface area contributed by atoms with E-state index in [2.05, 4.69) is 15.6 Å². The first-order valence-corrected chi connectivity index (χ1v) is 7.11. The number of methoxy groups -OCH3 is 1. The third kappa shape index (κ3) is 3.77. The summed E-state index contributed by atoms with van der Waals surface area (Å²) in [7, 11) is 1.67. The first-order valence-electron chi connectivity index (χ1n) is 7.11. The van der Waals surface area contributed by atoms with Crippen LogP contribution in [0.15, 0.2) is 6.20 Å². The quantitative estimate of drug-likeness (QED) is 0.723. The molecule has 1 aliphatic rings. The van der Waals surface area contributed by atoms with Gasteiger partial charge in [0.15, 0.2) is 0 Å². The van der Waals surface area contributed by atoms with Gasteiger partial charge in [0.1, 0.15) is 6.04 Å². The molecule has 2 rings (SSSR count). The summed E-state index contributed by atoms with van der Waals surface area (Å²) in [6, 6.07) is -0.284. The minimum absolute atomic E-state index is 0.131. The lowest BCUT2D eigenvalue weighted by molar-refractivity contribution is -0.133. The molecule has 112 valence electrons. The largest absolute Gasteiger partial charge is 0.383 e. The van der Waals surface area contributed by atoms with Crippen molar-refractivity contribution in [3.8, 4) is 0 Å². The molecule has 2 heterocycles. The average molecular weight is 281 g/mol. The number of hydrogen-bond acceptors (Lipinski definition) is 5. The van der Waals surface area contributed by atoms with Crippen LogP contribution in [-0.4, -0.2) is 59.2 Å². The molecule has 0 bridgehead atoms. The van der Waals surface area contributed by atoms with Crippen LogP contribution in [0.3, 0.4) is 0 Å². The van der Waals surface area contributed by atoms with E-state index in [4.69, 9.17) is 4.74 Å². The minimum Gasteiger partial charge on any atom is -0.383 e. The fourth-order valence-corrected chi connectivity index (χ4v) is 2.29. The molecule has 7 nitrogen and oxygen atoms in total. The van der Waals surface area contributed by atoms with Gasteiger partial charge < -0.3 is 15.0 Å². The van der Waals surface area contributed by atoms with Crippen LogP contribution in [0.1, 0.15) is 31.5 Å². The van der Waals surface area contributed by atoms with Gasteiger partial charge in [0.25, 0.3) is 0 Å². The van der Waals surface area contributed by atoms with E-state index in [1.807, 2.05) is 18.0 Å². The van der Waals surface area contributed by atoms with Gasteiger partial charge in [0.05, 0.1) is 18.5 Å². The summed E-state index contributed by atoms with van der Waals surface area (Å²) in [6.07, 6.45) is 4.04. The highest BCUT2D eigenvalue weighted by Crippen LogP contribution is 2.14. The number of aromatic nitrogens is 3. The van der Waals surface area contributed by atoms with Crippen molar-refractivity contribution in [1.82, 2.24) is 25.2 Å². The lowest BCUT2D eigenvalue weighted by atomic mass is 10.3. The highest BCUT2D eigenvalue weighted by atomic mass is 16.5. The highest BCUT2D eigenvalue weighted by molar-refractivity contribution is 5.80. The predicted molar refractivity (Wildman–Crippen MR) is 74.1 cm³/mol. The van der Waals surface area contributed by atoms with E-state index < -0.39 is 0 Å². The topological polar surface area (TPSA) is 72.3 Å². The van der Waals surface area contributed by atoms with Crippen molar-refractivity contribution in [3.63, 3.8) is 0 Å². The number of rotatable bonds is 7. The minimum atomic E-state index is -0.284. The summed E-state index contributed by atoms with van der Waals surface area (Å²) in [5.74, 6) is 0.131. The van der Waals surface area contributed by atoms with Crippen LogP contribution in [0, 0.1) is 0 Å². The first kappa shape index (κ1) is 14.9. The van der Waals surface area contributed by atoms with Gasteiger partial charge in [-0.25, -0.2) is 4.68 Å². The Morgan fingerprint density at radius 2 is 2.25 bits per heavy atom. The number of amides is 1. The standard InChI is InChI=1S/C13H23N5O2/c1-11(13(19)17-6-3-4-7-17)18-10-12(15-16-18)9-14-5-8-20-2/h10-11,14H,3-9H2,1-2H3. The Labute approximate surface area is 119 Å². The Morgan fingerprint density at radius 1 is 1.50 bits per heavy atom. The fourth-order valence-electron chi connectivity index (χ4n) is 2.29. The Morgan fingerprint density at radius 3 is 2.95 bits per heavy atom. The van der Waals surface area contributed by atoms with Crippen molar-refractivity contribution in [1.29, 1.82) is 0 Å². The molecule has 1 amide bonds. The van der Waals surface area contributed by atoms with Gasteiger partial charge in [-0.1, -0.05) is 5.21 Å². The number of likely N-dealkylation sites (tertiary alicyclic amines) is 1. The Kier molecular flexibility index (Phi) is 5.49. The smallest absolute Gasteiger partial charge is 0.247 e. The van der Waals surface area contributed by atoms with Crippen molar-refractivity contribution in [2.45, 2.75) is 32.4 Å².